The first kappa shape index (κ1) is 15.4. The number of benzene rings is 1. The van der Waals surface area contributed by atoms with Crippen LogP contribution in [0.25, 0.3) is 10.9 Å². The van der Waals surface area contributed by atoms with E-state index in [0.29, 0.717) is 6.42 Å². The van der Waals surface area contributed by atoms with Gasteiger partial charge >= 0.3 is 0 Å². The van der Waals surface area contributed by atoms with E-state index in [1.165, 1.54) is 12.0 Å². The average molecular weight is 377 g/mol. The summed E-state index contributed by atoms with van der Waals surface area (Å²) in [4.78, 5) is 0. The summed E-state index contributed by atoms with van der Waals surface area (Å²) in [6.45, 7) is 4.64. The minimum Gasteiger partial charge on any atom is -0.381 e. The van der Waals surface area contributed by atoms with Gasteiger partial charge in [-0.25, -0.2) is 4.68 Å². The minimum atomic E-state index is -0.954. The Morgan fingerprint density at radius 1 is 1.43 bits per heavy atom. The highest BCUT2D eigenvalue weighted by molar-refractivity contribution is 9.10. The summed E-state index contributed by atoms with van der Waals surface area (Å²) >= 11 is 3.72. The highest BCUT2D eigenvalue weighted by atomic mass is 79.9. The molecule has 2 aliphatic rings. The zero-order chi connectivity index (χ0) is 16.0. The van der Waals surface area contributed by atoms with E-state index in [4.69, 9.17) is 4.74 Å². The second kappa shape index (κ2) is 5.72. The fourth-order valence-corrected chi connectivity index (χ4v) is 4.79. The Bertz CT molecular complexity index is 764. The lowest BCUT2D eigenvalue weighted by molar-refractivity contribution is -0.0366. The molecule has 1 aliphatic heterocycles. The van der Waals surface area contributed by atoms with E-state index in [2.05, 4.69) is 33.7 Å². The maximum absolute atomic E-state index is 10.9. The molecule has 4 rings (SSSR count). The molecule has 1 aromatic carbocycles. The smallest absolute Gasteiger partial charge is 0.150 e. The van der Waals surface area contributed by atoms with Gasteiger partial charge in [0, 0.05) is 22.0 Å². The van der Waals surface area contributed by atoms with Gasteiger partial charge in [-0.2, -0.15) is 5.10 Å². The van der Waals surface area contributed by atoms with Gasteiger partial charge in [-0.05, 0) is 66.1 Å². The number of hydrogen-bond donors (Lipinski definition) is 1. The van der Waals surface area contributed by atoms with Crippen LogP contribution in [0.2, 0.25) is 0 Å². The highest BCUT2D eigenvalue weighted by Crippen LogP contribution is 2.44. The summed E-state index contributed by atoms with van der Waals surface area (Å²) in [6.07, 6.45) is 9.50. The van der Waals surface area contributed by atoms with Crippen molar-refractivity contribution in [1.29, 1.82) is 0 Å². The molecule has 23 heavy (non-hydrogen) atoms. The summed E-state index contributed by atoms with van der Waals surface area (Å²) in [5.41, 5.74) is 2.26. The van der Waals surface area contributed by atoms with Crippen molar-refractivity contribution in [3.63, 3.8) is 0 Å². The number of nitrogens with zero attached hydrogens (tertiary/aromatic N) is 2. The van der Waals surface area contributed by atoms with Gasteiger partial charge in [0.2, 0.25) is 0 Å². The molecule has 2 aromatic rings. The van der Waals surface area contributed by atoms with Crippen molar-refractivity contribution < 1.29 is 9.84 Å². The van der Waals surface area contributed by atoms with Crippen LogP contribution in [0.1, 0.15) is 49.5 Å². The Morgan fingerprint density at radius 2 is 2.30 bits per heavy atom. The number of hydrogen-bond acceptors (Lipinski definition) is 3. The number of halogens is 1. The lowest BCUT2D eigenvalue weighted by Gasteiger charge is -2.33. The quantitative estimate of drug-likeness (QED) is 0.798. The van der Waals surface area contributed by atoms with E-state index in [1.807, 2.05) is 10.9 Å². The van der Waals surface area contributed by atoms with E-state index in [1.54, 1.807) is 6.08 Å². The third-order valence-corrected chi connectivity index (χ3v) is 5.95. The summed E-state index contributed by atoms with van der Waals surface area (Å²) in [6, 6.07) is 2.17. The van der Waals surface area contributed by atoms with Crippen LogP contribution in [0.4, 0.5) is 0 Å². The first-order valence-electron chi connectivity index (χ1n) is 8.31. The molecule has 2 unspecified atom stereocenters. The molecule has 2 heterocycles. The first-order chi connectivity index (χ1) is 11.1. The van der Waals surface area contributed by atoms with Crippen LogP contribution in [-0.4, -0.2) is 21.5 Å². The fraction of sp³-hybridized carbons (Fsp3) is 0.500. The molecule has 0 spiro atoms. The summed E-state index contributed by atoms with van der Waals surface area (Å²) in [7, 11) is 0. The van der Waals surface area contributed by atoms with Crippen LogP contribution < -0.4 is 0 Å². The van der Waals surface area contributed by atoms with Crippen LogP contribution in [0.15, 0.2) is 29.4 Å². The third-order valence-electron chi connectivity index (χ3n) is 5.13. The molecule has 1 aromatic heterocycles. The average Bonchev–Trinajstić information content (AvgIpc) is 3.00. The Kier molecular flexibility index (Phi) is 3.82. The molecular formula is C18H21BrN2O2. The summed E-state index contributed by atoms with van der Waals surface area (Å²) in [5, 5.41) is 16.5. The van der Waals surface area contributed by atoms with Crippen molar-refractivity contribution in [3.8, 4) is 0 Å². The van der Waals surface area contributed by atoms with Crippen LogP contribution in [0.5, 0.6) is 0 Å². The zero-order valence-corrected chi connectivity index (χ0v) is 14.7. The molecule has 1 fully saturated rings. The number of rotatable bonds is 2. The van der Waals surface area contributed by atoms with Gasteiger partial charge in [0.05, 0.1) is 11.7 Å². The molecule has 1 saturated heterocycles. The third kappa shape index (κ3) is 2.37. The van der Waals surface area contributed by atoms with Gasteiger partial charge in [-0.1, -0.05) is 12.7 Å². The monoisotopic (exact) mass is 376 g/mol. The number of aryl methyl sites for hydroxylation is 1. The van der Waals surface area contributed by atoms with Crippen molar-refractivity contribution in [1.82, 2.24) is 9.78 Å². The molecule has 2 atom stereocenters. The van der Waals surface area contributed by atoms with Crippen LogP contribution in [0.3, 0.4) is 0 Å². The topological polar surface area (TPSA) is 47.3 Å². The SMILES string of the molecule is C=CC1(O)CCCc2cc3c(cnn3C3CCCCO3)c(Br)c21. The molecule has 4 nitrogen and oxygen atoms in total. The Balaban J connectivity index is 1.89. The van der Waals surface area contributed by atoms with E-state index in [-0.39, 0.29) is 6.23 Å². The maximum atomic E-state index is 10.9. The zero-order valence-electron chi connectivity index (χ0n) is 13.1. The van der Waals surface area contributed by atoms with Crippen LogP contribution in [-0.2, 0) is 16.8 Å². The molecule has 5 heteroatoms. The van der Waals surface area contributed by atoms with Gasteiger partial charge in [0.15, 0.2) is 6.23 Å². The molecule has 0 saturated carbocycles. The lowest BCUT2D eigenvalue weighted by Crippen LogP contribution is -2.29. The van der Waals surface area contributed by atoms with Crippen LogP contribution >= 0.6 is 15.9 Å². The van der Waals surface area contributed by atoms with Crippen molar-refractivity contribution in [3.05, 3.63) is 40.5 Å². The van der Waals surface area contributed by atoms with Gasteiger partial charge < -0.3 is 9.84 Å². The van der Waals surface area contributed by atoms with Crippen molar-refractivity contribution in [2.75, 3.05) is 6.61 Å². The van der Waals surface area contributed by atoms with E-state index >= 15 is 0 Å². The Labute approximate surface area is 144 Å². The molecule has 0 radical (unpaired) electrons. The normalized spacial score (nSPS) is 27.8. The standard InChI is InChI=1S/C18H21BrN2O2/c1-2-18(22)8-5-6-12-10-14-13(17(19)16(12)18)11-20-21(14)15-7-3-4-9-23-15/h2,10-11,15,22H,1,3-9H2. The minimum absolute atomic E-state index is 0.0214. The summed E-state index contributed by atoms with van der Waals surface area (Å²) in [5.74, 6) is 0. The number of fused-ring (bicyclic) bond motifs is 2. The molecule has 0 bridgehead atoms. The highest BCUT2D eigenvalue weighted by Gasteiger charge is 2.35. The number of aromatic nitrogens is 2. The lowest BCUT2D eigenvalue weighted by atomic mass is 9.78. The molecule has 122 valence electrons. The molecule has 1 aliphatic carbocycles. The van der Waals surface area contributed by atoms with Gasteiger partial charge in [0.1, 0.15) is 5.60 Å². The Hall–Kier alpha value is -1.17. The van der Waals surface area contributed by atoms with Crippen LogP contribution in [0, 0.1) is 0 Å². The molecule has 1 N–H and O–H groups in total. The maximum Gasteiger partial charge on any atom is 0.150 e. The first-order valence-corrected chi connectivity index (χ1v) is 9.10. The summed E-state index contributed by atoms with van der Waals surface area (Å²) < 4.78 is 8.84. The predicted octanol–water partition coefficient (Wildman–Crippen LogP) is 4.21. The Morgan fingerprint density at radius 3 is 3.04 bits per heavy atom. The van der Waals surface area contributed by atoms with Gasteiger partial charge in [-0.3, -0.25) is 0 Å². The van der Waals surface area contributed by atoms with Gasteiger partial charge in [0.25, 0.3) is 0 Å². The van der Waals surface area contributed by atoms with Crippen molar-refractivity contribution in [2.24, 2.45) is 0 Å². The van der Waals surface area contributed by atoms with E-state index < -0.39 is 5.60 Å². The second-order valence-corrected chi connectivity index (χ2v) is 7.34. The second-order valence-electron chi connectivity index (χ2n) is 6.55. The number of aliphatic hydroxyl groups is 1. The number of ether oxygens (including phenoxy) is 1. The van der Waals surface area contributed by atoms with E-state index in [9.17, 15) is 5.11 Å². The molecule has 0 amide bonds. The fourth-order valence-electron chi connectivity index (χ4n) is 3.89. The van der Waals surface area contributed by atoms with Crippen molar-refractivity contribution >= 4 is 26.8 Å². The van der Waals surface area contributed by atoms with E-state index in [0.717, 1.165) is 53.2 Å². The molecular weight excluding hydrogens is 356 g/mol. The van der Waals surface area contributed by atoms with Crippen molar-refractivity contribution in [2.45, 2.75) is 50.4 Å². The van der Waals surface area contributed by atoms with Gasteiger partial charge in [-0.15, -0.1) is 0 Å². The largest absolute Gasteiger partial charge is 0.381 e. The predicted molar refractivity (Wildman–Crippen MR) is 93.3 cm³/mol.